The summed E-state index contributed by atoms with van der Waals surface area (Å²) in [5.41, 5.74) is 5.66. The van der Waals surface area contributed by atoms with E-state index in [9.17, 15) is 4.79 Å². The number of imidazole rings is 1. The molecule has 0 spiro atoms. The third kappa shape index (κ3) is 3.98. The van der Waals surface area contributed by atoms with Crippen molar-refractivity contribution < 1.29 is 4.79 Å². The molecule has 1 amide bonds. The molecule has 5 rings (SSSR count). The van der Waals surface area contributed by atoms with Gasteiger partial charge in [-0.2, -0.15) is 0 Å². The minimum absolute atomic E-state index is 0.0830. The summed E-state index contributed by atoms with van der Waals surface area (Å²) in [5, 5.41) is 5.83. The van der Waals surface area contributed by atoms with E-state index in [2.05, 4.69) is 20.9 Å². The predicted octanol–water partition coefficient (Wildman–Crippen LogP) is 5.55. The van der Waals surface area contributed by atoms with E-state index in [1.165, 1.54) is 0 Å². The summed E-state index contributed by atoms with van der Waals surface area (Å²) in [5.74, 6) is 0.815. The first-order valence-corrected chi connectivity index (χ1v) is 10.9. The zero-order valence-corrected chi connectivity index (χ0v) is 17.8. The first-order chi connectivity index (χ1) is 15.2. The topological polar surface area (TPSA) is 59.8 Å². The summed E-state index contributed by atoms with van der Waals surface area (Å²) in [6, 6.07) is 25.8. The van der Waals surface area contributed by atoms with Gasteiger partial charge < -0.3 is 9.88 Å². The Hall–Kier alpha value is -3.77. The minimum Gasteiger partial charge on any atom is -0.327 e. The maximum absolute atomic E-state index is 12.5. The molecule has 0 aliphatic heterocycles. The number of nitrogens with zero attached hydrogens (tertiary/aromatic N) is 3. The van der Waals surface area contributed by atoms with Crippen molar-refractivity contribution >= 4 is 34.0 Å². The Morgan fingerprint density at radius 3 is 2.42 bits per heavy atom. The molecule has 0 atom stereocenters. The molecule has 0 saturated heterocycles. The van der Waals surface area contributed by atoms with Crippen molar-refractivity contribution in [2.75, 3.05) is 5.32 Å². The number of amides is 1. The number of para-hydroxylation sites is 2. The summed E-state index contributed by atoms with van der Waals surface area (Å²) >= 11 is 1.55. The summed E-state index contributed by atoms with van der Waals surface area (Å²) in [4.78, 5) is 21.8. The van der Waals surface area contributed by atoms with Gasteiger partial charge in [-0.15, -0.1) is 11.3 Å². The van der Waals surface area contributed by atoms with Crippen LogP contribution in [0.2, 0.25) is 0 Å². The smallest absolute Gasteiger partial charge is 0.230 e. The molecular formula is C25H20N4OS. The van der Waals surface area contributed by atoms with Crippen LogP contribution < -0.4 is 5.32 Å². The molecule has 0 aliphatic carbocycles. The number of carbonyl (C=O) groups is 1. The summed E-state index contributed by atoms with van der Waals surface area (Å²) in [6.07, 6.45) is 0.246. The van der Waals surface area contributed by atoms with Crippen LogP contribution in [-0.4, -0.2) is 20.4 Å². The highest BCUT2D eigenvalue weighted by atomic mass is 32.1. The average molecular weight is 425 g/mol. The Morgan fingerprint density at radius 1 is 0.903 bits per heavy atom. The molecule has 3 aromatic carbocycles. The van der Waals surface area contributed by atoms with Crippen LogP contribution in [0, 0.1) is 0 Å². The molecule has 31 heavy (non-hydrogen) atoms. The Bertz CT molecular complexity index is 1350. The summed E-state index contributed by atoms with van der Waals surface area (Å²) < 4.78 is 2.08. The Kier molecular flexibility index (Phi) is 5.06. The van der Waals surface area contributed by atoms with Gasteiger partial charge in [-0.3, -0.25) is 4.79 Å². The molecule has 6 heteroatoms. The first kappa shape index (κ1) is 19.2. The lowest BCUT2D eigenvalue weighted by Crippen LogP contribution is -2.14. The monoisotopic (exact) mass is 424 g/mol. The number of nitrogens with one attached hydrogen (secondary N) is 1. The van der Waals surface area contributed by atoms with Crippen LogP contribution in [-0.2, 0) is 18.3 Å². The second kappa shape index (κ2) is 8.16. The second-order valence-corrected chi connectivity index (χ2v) is 8.15. The van der Waals surface area contributed by atoms with Crippen LogP contribution in [0.4, 0.5) is 5.69 Å². The number of benzene rings is 3. The molecule has 2 heterocycles. The highest BCUT2D eigenvalue weighted by molar-refractivity contribution is 7.13. The maximum atomic E-state index is 12.5. The van der Waals surface area contributed by atoms with Gasteiger partial charge in [-0.1, -0.05) is 42.5 Å². The summed E-state index contributed by atoms with van der Waals surface area (Å²) in [7, 11) is 2.01. The largest absolute Gasteiger partial charge is 0.327 e. The van der Waals surface area contributed by atoms with Crippen LogP contribution in [0.15, 0.2) is 84.2 Å². The van der Waals surface area contributed by atoms with E-state index in [0.717, 1.165) is 44.4 Å². The molecule has 0 saturated carbocycles. The van der Waals surface area contributed by atoms with Gasteiger partial charge in [-0.05, 0) is 36.4 Å². The van der Waals surface area contributed by atoms with Crippen LogP contribution >= 0.6 is 11.3 Å². The van der Waals surface area contributed by atoms with Crippen molar-refractivity contribution in [2.45, 2.75) is 6.42 Å². The fourth-order valence-electron chi connectivity index (χ4n) is 3.58. The van der Waals surface area contributed by atoms with E-state index in [0.29, 0.717) is 0 Å². The number of hydrogen-bond donors (Lipinski definition) is 1. The molecule has 2 aromatic heterocycles. The SMILES string of the molecule is Cn1c(-c2ccc(NC(=O)Cc3csc(-c4ccccc4)n3)cc2)nc2ccccc21. The highest BCUT2D eigenvalue weighted by Crippen LogP contribution is 2.26. The van der Waals surface area contributed by atoms with E-state index in [1.54, 1.807) is 11.3 Å². The standard InChI is InChI=1S/C25H20N4OS/c1-29-22-10-6-5-9-21(22)28-24(29)17-11-13-19(14-12-17)26-23(30)15-20-16-31-25(27-20)18-7-3-2-4-8-18/h2-14,16H,15H2,1H3,(H,26,30). The van der Waals surface area contributed by atoms with Crippen LogP contribution in [0.1, 0.15) is 5.69 Å². The Labute approximate surface area is 184 Å². The third-order valence-corrected chi connectivity index (χ3v) is 6.07. The van der Waals surface area contributed by atoms with Crippen molar-refractivity contribution in [1.82, 2.24) is 14.5 Å². The lowest BCUT2D eigenvalue weighted by Gasteiger charge is -2.06. The molecule has 0 radical (unpaired) electrons. The minimum atomic E-state index is -0.0830. The maximum Gasteiger partial charge on any atom is 0.230 e. The average Bonchev–Trinajstić information content (AvgIpc) is 3.40. The van der Waals surface area contributed by atoms with E-state index in [-0.39, 0.29) is 12.3 Å². The van der Waals surface area contributed by atoms with Gasteiger partial charge in [-0.25, -0.2) is 9.97 Å². The van der Waals surface area contributed by atoms with Crippen molar-refractivity contribution in [3.63, 3.8) is 0 Å². The second-order valence-electron chi connectivity index (χ2n) is 7.30. The fourth-order valence-corrected chi connectivity index (χ4v) is 4.40. The highest BCUT2D eigenvalue weighted by Gasteiger charge is 2.11. The van der Waals surface area contributed by atoms with Gasteiger partial charge in [0.25, 0.3) is 0 Å². The number of rotatable bonds is 5. The number of aryl methyl sites for hydroxylation is 1. The van der Waals surface area contributed by atoms with Gasteiger partial charge in [0, 0.05) is 29.2 Å². The zero-order valence-electron chi connectivity index (χ0n) is 16.9. The van der Waals surface area contributed by atoms with Crippen molar-refractivity contribution in [1.29, 1.82) is 0 Å². The Balaban J connectivity index is 1.27. The molecule has 0 fully saturated rings. The number of aromatic nitrogens is 3. The number of fused-ring (bicyclic) bond motifs is 1. The van der Waals surface area contributed by atoms with E-state index >= 15 is 0 Å². The molecule has 1 N–H and O–H groups in total. The van der Waals surface area contributed by atoms with Crippen LogP contribution in [0.3, 0.4) is 0 Å². The molecule has 5 nitrogen and oxygen atoms in total. The van der Waals surface area contributed by atoms with Crippen molar-refractivity contribution in [3.05, 3.63) is 89.9 Å². The molecule has 5 aromatic rings. The molecule has 0 bridgehead atoms. The van der Waals surface area contributed by atoms with Gasteiger partial charge >= 0.3 is 0 Å². The molecular weight excluding hydrogens is 404 g/mol. The van der Waals surface area contributed by atoms with Gasteiger partial charge in [0.15, 0.2) is 0 Å². The molecule has 0 aliphatic rings. The number of carbonyl (C=O) groups excluding carboxylic acids is 1. The Morgan fingerprint density at radius 2 is 1.65 bits per heavy atom. The van der Waals surface area contributed by atoms with Crippen molar-refractivity contribution in [3.8, 4) is 22.0 Å². The fraction of sp³-hybridized carbons (Fsp3) is 0.0800. The van der Waals surface area contributed by atoms with E-state index < -0.39 is 0 Å². The first-order valence-electron chi connectivity index (χ1n) is 9.99. The van der Waals surface area contributed by atoms with Gasteiger partial charge in [0.05, 0.1) is 23.1 Å². The van der Waals surface area contributed by atoms with E-state index in [4.69, 9.17) is 4.98 Å². The van der Waals surface area contributed by atoms with E-state index in [1.807, 2.05) is 85.2 Å². The third-order valence-electron chi connectivity index (χ3n) is 5.13. The van der Waals surface area contributed by atoms with Crippen molar-refractivity contribution in [2.24, 2.45) is 7.05 Å². The van der Waals surface area contributed by atoms with Crippen LogP contribution in [0.25, 0.3) is 33.0 Å². The summed E-state index contributed by atoms with van der Waals surface area (Å²) in [6.45, 7) is 0. The normalized spacial score (nSPS) is 11.0. The zero-order chi connectivity index (χ0) is 21.2. The lowest BCUT2D eigenvalue weighted by atomic mass is 10.2. The number of hydrogen-bond acceptors (Lipinski definition) is 4. The molecule has 0 unspecified atom stereocenters. The number of anilines is 1. The number of thiazole rings is 1. The van der Waals surface area contributed by atoms with Crippen LogP contribution in [0.5, 0.6) is 0 Å². The predicted molar refractivity (Wildman–Crippen MR) is 126 cm³/mol. The lowest BCUT2D eigenvalue weighted by molar-refractivity contribution is -0.115. The molecule has 152 valence electrons. The van der Waals surface area contributed by atoms with Gasteiger partial charge in [0.1, 0.15) is 10.8 Å². The quantitative estimate of drug-likeness (QED) is 0.403. The van der Waals surface area contributed by atoms with Gasteiger partial charge in [0.2, 0.25) is 5.91 Å².